The number of benzene rings is 2. The fraction of sp³-hybridized carbons (Fsp3) is 0.533. The molecule has 2 fully saturated rings. The molecule has 194 valence electrons. The number of amides is 2. The van der Waals surface area contributed by atoms with Gasteiger partial charge in [0.15, 0.2) is 0 Å². The lowest BCUT2D eigenvalue weighted by Gasteiger charge is -2.38. The van der Waals surface area contributed by atoms with Crippen LogP contribution in [0.15, 0.2) is 54.6 Å². The molecule has 4 rings (SSSR count). The average molecular weight is 492 g/mol. The molecule has 0 unspecified atom stereocenters. The van der Waals surface area contributed by atoms with Gasteiger partial charge in [-0.05, 0) is 69.0 Å². The molecule has 1 spiro atoms. The number of nitrogens with one attached hydrogen (secondary N) is 1. The first kappa shape index (κ1) is 26.2. The summed E-state index contributed by atoms with van der Waals surface area (Å²) in [6.07, 6.45) is 3.65. The number of piperidine rings is 1. The average Bonchev–Trinajstić information content (AvgIpc) is 3.19. The standard InChI is InChI=1S/C30H41N3O3/c1-4-36-26-12-10-24(11-13-26)22-33-21-17-30(29(33)35)15-19-32(20-16-30)18-14-27(31-28(34)23(2)3)25-8-6-5-7-9-25/h5-13,23,27H,4,14-22H2,1-3H3,(H,31,34)/t27-/m0/s1. The highest BCUT2D eigenvalue weighted by Crippen LogP contribution is 2.42. The molecular formula is C30H41N3O3. The third kappa shape index (κ3) is 6.28. The van der Waals surface area contributed by atoms with Crippen LogP contribution in [-0.4, -0.2) is 54.4 Å². The number of hydrogen-bond acceptors (Lipinski definition) is 4. The second-order valence-electron chi connectivity index (χ2n) is 10.6. The number of ether oxygens (including phenoxy) is 1. The van der Waals surface area contributed by atoms with Gasteiger partial charge in [0.25, 0.3) is 0 Å². The van der Waals surface area contributed by atoms with E-state index in [0.29, 0.717) is 19.1 Å². The van der Waals surface area contributed by atoms with Crippen LogP contribution in [-0.2, 0) is 16.1 Å². The van der Waals surface area contributed by atoms with Crippen LogP contribution in [0.25, 0.3) is 0 Å². The smallest absolute Gasteiger partial charge is 0.229 e. The molecule has 6 heteroatoms. The van der Waals surface area contributed by atoms with Crippen molar-refractivity contribution in [3.8, 4) is 5.75 Å². The molecule has 0 aromatic heterocycles. The van der Waals surface area contributed by atoms with Gasteiger partial charge in [0.05, 0.1) is 18.1 Å². The van der Waals surface area contributed by atoms with Gasteiger partial charge in [-0.3, -0.25) is 9.59 Å². The van der Waals surface area contributed by atoms with E-state index in [1.54, 1.807) is 0 Å². The summed E-state index contributed by atoms with van der Waals surface area (Å²) in [5, 5.41) is 3.23. The number of nitrogens with zero attached hydrogens (tertiary/aromatic N) is 2. The van der Waals surface area contributed by atoms with Crippen LogP contribution in [0.1, 0.15) is 63.6 Å². The van der Waals surface area contributed by atoms with Gasteiger partial charge >= 0.3 is 0 Å². The Morgan fingerprint density at radius 1 is 1.00 bits per heavy atom. The van der Waals surface area contributed by atoms with Gasteiger partial charge in [0.2, 0.25) is 11.8 Å². The van der Waals surface area contributed by atoms with E-state index in [1.165, 1.54) is 0 Å². The summed E-state index contributed by atoms with van der Waals surface area (Å²) < 4.78 is 5.54. The molecule has 0 bridgehead atoms. The number of carbonyl (C=O) groups is 2. The molecule has 2 aliphatic rings. The summed E-state index contributed by atoms with van der Waals surface area (Å²) in [5.41, 5.74) is 2.10. The highest BCUT2D eigenvalue weighted by atomic mass is 16.5. The van der Waals surface area contributed by atoms with Crippen molar-refractivity contribution in [3.63, 3.8) is 0 Å². The van der Waals surface area contributed by atoms with E-state index in [2.05, 4.69) is 34.5 Å². The normalized spacial score (nSPS) is 18.6. The lowest BCUT2D eigenvalue weighted by Crippen LogP contribution is -2.45. The van der Waals surface area contributed by atoms with Crippen molar-refractivity contribution in [1.82, 2.24) is 15.1 Å². The molecule has 2 aromatic rings. The van der Waals surface area contributed by atoms with Gasteiger partial charge in [0, 0.05) is 25.6 Å². The third-order valence-corrected chi connectivity index (χ3v) is 7.80. The molecule has 36 heavy (non-hydrogen) atoms. The first-order valence-electron chi connectivity index (χ1n) is 13.5. The van der Waals surface area contributed by atoms with Crippen molar-refractivity contribution in [2.75, 3.05) is 32.8 Å². The highest BCUT2D eigenvalue weighted by molar-refractivity contribution is 5.85. The molecule has 2 aliphatic heterocycles. The van der Waals surface area contributed by atoms with E-state index in [1.807, 2.05) is 56.0 Å². The molecule has 6 nitrogen and oxygen atoms in total. The van der Waals surface area contributed by atoms with Crippen molar-refractivity contribution >= 4 is 11.8 Å². The van der Waals surface area contributed by atoms with Crippen molar-refractivity contribution in [2.45, 2.75) is 59.0 Å². The third-order valence-electron chi connectivity index (χ3n) is 7.80. The van der Waals surface area contributed by atoms with E-state index < -0.39 is 0 Å². The minimum atomic E-state index is -0.202. The molecule has 1 atom stereocenters. The zero-order chi connectivity index (χ0) is 25.5. The van der Waals surface area contributed by atoms with E-state index >= 15 is 0 Å². The number of likely N-dealkylation sites (tertiary alicyclic amines) is 2. The zero-order valence-electron chi connectivity index (χ0n) is 22.0. The van der Waals surface area contributed by atoms with Gasteiger partial charge < -0.3 is 19.9 Å². The Morgan fingerprint density at radius 2 is 1.67 bits per heavy atom. The zero-order valence-corrected chi connectivity index (χ0v) is 22.0. The maximum atomic E-state index is 13.4. The first-order valence-corrected chi connectivity index (χ1v) is 13.5. The monoisotopic (exact) mass is 491 g/mol. The van der Waals surface area contributed by atoms with Crippen molar-refractivity contribution in [1.29, 1.82) is 0 Å². The summed E-state index contributed by atoms with van der Waals surface area (Å²) in [4.78, 5) is 30.4. The molecule has 2 saturated heterocycles. The van der Waals surface area contributed by atoms with Gasteiger partial charge in [0.1, 0.15) is 5.75 Å². The summed E-state index contributed by atoms with van der Waals surface area (Å²) in [7, 11) is 0. The van der Waals surface area contributed by atoms with Crippen LogP contribution in [0.2, 0.25) is 0 Å². The quantitative estimate of drug-likeness (QED) is 0.519. The molecular weight excluding hydrogens is 450 g/mol. The van der Waals surface area contributed by atoms with E-state index in [9.17, 15) is 9.59 Å². The minimum absolute atomic E-state index is 0.00899. The molecule has 2 heterocycles. The fourth-order valence-corrected chi connectivity index (χ4v) is 5.45. The van der Waals surface area contributed by atoms with Crippen molar-refractivity contribution < 1.29 is 14.3 Å². The minimum Gasteiger partial charge on any atom is -0.494 e. The van der Waals surface area contributed by atoms with Gasteiger partial charge in [-0.2, -0.15) is 0 Å². The predicted molar refractivity (Wildman–Crippen MR) is 143 cm³/mol. The fourth-order valence-electron chi connectivity index (χ4n) is 5.45. The van der Waals surface area contributed by atoms with Crippen molar-refractivity contribution in [2.24, 2.45) is 11.3 Å². The van der Waals surface area contributed by atoms with Crippen LogP contribution in [0.4, 0.5) is 0 Å². The van der Waals surface area contributed by atoms with Crippen LogP contribution in [0, 0.1) is 11.3 Å². The molecule has 0 aliphatic carbocycles. The Labute approximate surface area is 216 Å². The Kier molecular flexibility index (Phi) is 8.68. The Bertz CT molecular complexity index is 998. The lowest BCUT2D eigenvalue weighted by molar-refractivity contribution is -0.139. The Balaban J connectivity index is 1.29. The van der Waals surface area contributed by atoms with Crippen LogP contribution in [0.3, 0.4) is 0 Å². The largest absolute Gasteiger partial charge is 0.494 e. The van der Waals surface area contributed by atoms with Crippen LogP contribution >= 0.6 is 0 Å². The van der Waals surface area contributed by atoms with E-state index in [4.69, 9.17) is 4.74 Å². The topological polar surface area (TPSA) is 61.9 Å². The second kappa shape index (κ2) is 11.9. The predicted octanol–water partition coefficient (Wildman–Crippen LogP) is 4.80. The summed E-state index contributed by atoms with van der Waals surface area (Å²) in [5.74, 6) is 1.24. The highest BCUT2D eigenvalue weighted by Gasteiger charge is 2.47. The summed E-state index contributed by atoms with van der Waals surface area (Å²) in [6.45, 7) is 10.8. The molecule has 2 amide bonds. The van der Waals surface area contributed by atoms with Gasteiger partial charge in [-0.15, -0.1) is 0 Å². The van der Waals surface area contributed by atoms with Crippen LogP contribution in [0.5, 0.6) is 5.75 Å². The van der Waals surface area contributed by atoms with E-state index in [0.717, 1.165) is 68.7 Å². The van der Waals surface area contributed by atoms with E-state index in [-0.39, 0.29) is 23.3 Å². The molecule has 2 aromatic carbocycles. The maximum Gasteiger partial charge on any atom is 0.229 e. The first-order chi connectivity index (χ1) is 17.4. The molecule has 0 saturated carbocycles. The SMILES string of the molecule is CCOc1ccc(CN2CCC3(CCN(CC[C@H](NC(=O)C(C)C)c4ccccc4)CC3)C2=O)cc1. The second-order valence-corrected chi connectivity index (χ2v) is 10.6. The van der Waals surface area contributed by atoms with Gasteiger partial charge in [-0.1, -0.05) is 56.3 Å². The number of hydrogen-bond donors (Lipinski definition) is 1. The van der Waals surface area contributed by atoms with Gasteiger partial charge in [-0.25, -0.2) is 0 Å². The molecule has 0 radical (unpaired) electrons. The number of carbonyl (C=O) groups excluding carboxylic acids is 2. The van der Waals surface area contributed by atoms with Crippen LogP contribution < -0.4 is 10.1 Å². The lowest BCUT2D eigenvalue weighted by atomic mass is 9.77. The summed E-state index contributed by atoms with van der Waals surface area (Å²) in [6, 6.07) is 18.3. The number of rotatable bonds is 10. The Morgan fingerprint density at radius 3 is 2.31 bits per heavy atom. The molecule has 1 N–H and O–H groups in total. The summed E-state index contributed by atoms with van der Waals surface area (Å²) >= 11 is 0. The maximum absolute atomic E-state index is 13.4. The van der Waals surface area contributed by atoms with Crippen molar-refractivity contribution in [3.05, 3.63) is 65.7 Å². The Hall–Kier alpha value is -2.86.